The second-order valence-electron chi connectivity index (χ2n) is 7.79. The first kappa shape index (κ1) is 23.9. The number of benzene rings is 1. The number of amides is 3. The first-order valence-corrected chi connectivity index (χ1v) is 11.4. The first-order valence-electron chi connectivity index (χ1n) is 10.5. The van der Waals surface area contributed by atoms with Crippen LogP contribution < -0.4 is 16.2 Å². The highest BCUT2D eigenvalue weighted by Crippen LogP contribution is 2.23. The average molecular weight is 433 g/mol. The molecule has 164 valence electrons. The van der Waals surface area contributed by atoms with Crippen molar-refractivity contribution in [1.82, 2.24) is 20.2 Å². The SMILES string of the molecule is CNC(=O)NC(=O)C(C)Sc1nc2ccccc2c(=O)n1CCCCCCC(C)C. The van der Waals surface area contributed by atoms with Crippen molar-refractivity contribution in [2.75, 3.05) is 7.05 Å². The van der Waals surface area contributed by atoms with Crippen molar-refractivity contribution >= 4 is 34.6 Å². The Balaban J connectivity index is 2.17. The highest BCUT2D eigenvalue weighted by molar-refractivity contribution is 8.00. The van der Waals surface area contributed by atoms with Crippen molar-refractivity contribution in [2.24, 2.45) is 5.92 Å². The second kappa shape index (κ2) is 11.7. The summed E-state index contributed by atoms with van der Waals surface area (Å²) in [6.45, 7) is 6.71. The number of thioether (sulfide) groups is 1. The van der Waals surface area contributed by atoms with E-state index >= 15 is 0 Å². The maximum absolute atomic E-state index is 13.1. The molecular formula is C22H32N4O3S. The van der Waals surface area contributed by atoms with Gasteiger partial charge in [0, 0.05) is 13.6 Å². The van der Waals surface area contributed by atoms with Crippen LogP contribution >= 0.6 is 11.8 Å². The molecule has 2 rings (SSSR count). The van der Waals surface area contributed by atoms with E-state index in [4.69, 9.17) is 0 Å². The highest BCUT2D eigenvalue weighted by atomic mass is 32.2. The van der Waals surface area contributed by atoms with Gasteiger partial charge in [0.05, 0.1) is 16.2 Å². The molecular weight excluding hydrogens is 400 g/mol. The third kappa shape index (κ3) is 6.86. The van der Waals surface area contributed by atoms with Gasteiger partial charge in [-0.1, -0.05) is 63.4 Å². The van der Waals surface area contributed by atoms with E-state index in [9.17, 15) is 14.4 Å². The van der Waals surface area contributed by atoms with Crippen LogP contribution in [0.4, 0.5) is 4.79 Å². The van der Waals surface area contributed by atoms with E-state index in [1.807, 2.05) is 12.1 Å². The molecule has 1 unspecified atom stereocenters. The van der Waals surface area contributed by atoms with E-state index in [1.165, 1.54) is 31.7 Å². The van der Waals surface area contributed by atoms with Crippen molar-refractivity contribution in [2.45, 2.75) is 69.8 Å². The summed E-state index contributed by atoms with van der Waals surface area (Å²) in [5, 5.41) is 5.13. The zero-order valence-electron chi connectivity index (χ0n) is 18.2. The number of nitrogens with one attached hydrogen (secondary N) is 2. The zero-order chi connectivity index (χ0) is 22.1. The Morgan fingerprint density at radius 1 is 1.10 bits per heavy atom. The molecule has 0 aliphatic heterocycles. The fourth-order valence-electron chi connectivity index (χ4n) is 3.10. The van der Waals surface area contributed by atoms with Gasteiger partial charge in [0.25, 0.3) is 5.56 Å². The van der Waals surface area contributed by atoms with Crippen molar-refractivity contribution in [3.8, 4) is 0 Å². The summed E-state index contributed by atoms with van der Waals surface area (Å²) < 4.78 is 1.67. The van der Waals surface area contributed by atoms with Crippen molar-refractivity contribution < 1.29 is 9.59 Å². The highest BCUT2D eigenvalue weighted by Gasteiger charge is 2.20. The molecule has 1 aromatic carbocycles. The number of hydrogen-bond acceptors (Lipinski definition) is 5. The minimum absolute atomic E-state index is 0.0933. The lowest BCUT2D eigenvalue weighted by Crippen LogP contribution is -2.41. The van der Waals surface area contributed by atoms with Gasteiger partial charge in [-0.2, -0.15) is 0 Å². The molecule has 8 heteroatoms. The van der Waals surface area contributed by atoms with E-state index in [2.05, 4.69) is 29.5 Å². The smallest absolute Gasteiger partial charge is 0.321 e. The Hall–Kier alpha value is -2.35. The molecule has 2 N–H and O–H groups in total. The summed E-state index contributed by atoms with van der Waals surface area (Å²) in [6, 6.07) is 6.68. The standard InChI is InChI=1S/C22H32N4O3S/c1-15(2)11-7-5-6-10-14-26-20(28)17-12-8-9-13-18(17)24-22(26)30-16(3)19(27)25-21(29)23-4/h8-9,12-13,15-16H,5-7,10-11,14H2,1-4H3,(H2,23,25,27,29). The normalized spacial score (nSPS) is 12.2. The first-order chi connectivity index (χ1) is 14.3. The Morgan fingerprint density at radius 2 is 1.80 bits per heavy atom. The van der Waals surface area contributed by atoms with Gasteiger partial charge in [-0.15, -0.1) is 0 Å². The van der Waals surface area contributed by atoms with E-state index in [0.717, 1.165) is 19.3 Å². The van der Waals surface area contributed by atoms with E-state index in [0.29, 0.717) is 28.5 Å². The monoisotopic (exact) mass is 432 g/mol. The number of para-hydroxylation sites is 1. The zero-order valence-corrected chi connectivity index (χ0v) is 19.1. The van der Waals surface area contributed by atoms with Gasteiger partial charge in [-0.25, -0.2) is 9.78 Å². The quantitative estimate of drug-likeness (QED) is 0.337. The lowest BCUT2D eigenvalue weighted by atomic mass is 10.0. The minimum Gasteiger partial charge on any atom is -0.341 e. The number of unbranched alkanes of at least 4 members (excludes halogenated alkanes) is 3. The van der Waals surface area contributed by atoms with E-state index in [-0.39, 0.29) is 5.56 Å². The van der Waals surface area contributed by atoms with Gasteiger partial charge in [0.15, 0.2) is 5.16 Å². The van der Waals surface area contributed by atoms with E-state index in [1.54, 1.807) is 23.6 Å². The van der Waals surface area contributed by atoms with Crippen LogP contribution in [0.2, 0.25) is 0 Å². The van der Waals surface area contributed by atoms with Crippen molar-refractivity contribution in [3.63, 3.8) is 0 Å². The molecule has 0 bridgehead atoms. The summed E-state index contributed by atoms with van der Waals surface area (Å²) >= 11 is 1.19. The number of imide groups is 1. The minimum atomic E-state index is -0.576. The van der Waals surface area contributed by atoms with Crippen LogP contribution in [0.1, 0.15) is 52.9 Å². The number of nitrogens with zero attached hydrogens (tertiary/aromatic N) is 2. The molecule has 7 nitrogen and oxygen atoms in total. The lowest BCUT2D eigenvalue weighted by Gasteiger charge is -2.16. The molecule has 0 saturated heterocycles. The maximum atomic E-state index is 13.1. The molecule has 2 aromatic rings. The summed E-state index contributed by atoms with van der Waals surface area (Å²) in [5.74, 6) is 0.282. The van der Waals surface area contributed by atoms with Crippen LogP contribution in [0.15, 0.2) is 34.2 Å². The molecule has 1 heterocycles. The van der Waals surface area contributed by atoms with Crippen molar-refractivity contribution in [3.05, 3.63) is 34.6 Å². The lowest BCUT2D eigenvalue weighted by molar-refractivity contribution is -0.119. The number of carbonyl (C=O) groups is 2. The van der Waals surface area contributed by atoms with Gasteiger partial charge in [0.1, 0.15) is 0 Å². The molecule has 0 aliphatic carbocycles. The largest absolute Gasteiger partial charge is 0.341 e. The molecule has 30 heavy (non-hydrogen) atoms. The van der Waals surface area contributed by atoms with Gasteiger partial charge in [0.2, 0.25) is 5.91 Å². The number of carbonyl (C=O) groups excluding carboxylic acids is 2. The van der Waals surface area contributed by atoms with E-state index < -0.39 is 17.2 Å². The van der Waals surface area contributed by atoms with Crippen molar-refractivity contribution in [1.29, 1.82) is 0 Å². The summed E-state index contributed by atoms with van der Waals surface area (Å²) in [5.41, 5.74) is 0.515. The van der Waals surface area contributed by atoms with Crippen LogP contribution in [0.25, 0.3) is 10.9 Å². The predicted octanol–water partition coefficient (Wildman–Crippen LogP) is 3.94. The van der Waals surface area contributed by atoms with Crippen LogP contribution in [0.3, 0.4) is 0 Å². The van der Waals surface area contributed by atoms with Gasteiger partial charge < -0.3 is 5.32 Å². The predicted molar refractivity (Wildman–Crippen MR) is 122 cm³/mol. The summed E-state index contributed by atoms with van der Waals surface area (Å²) in [7, 11) is 1.45. The van der Waals surface area contributed by atoms with Crippen LogP contribution in [0.5, 0.6) is 0 Å². The number of hydrogen-bond donors (Lipinski definition) is 2. The Bertz CT molecular complexity index is 926. The van der Waals surface area contributed by atoms with Crippen LogP contribution in [-0.4, -0.2) is 33.8 Å². The van der Waals surface area contributed by atoms with Gasteiger partial charge in [-0.3, -0.25) is 19.5 Å². The second-order valence-corrected chi connectivity index (χ2v) is 9.10. The Kier molecular flexibility index (Phi) is 9.36. The number of rotatable bonds is 10. The molecule has 0 saturated carbocycles. The molecule has 1 aromatic heterocycles. The number of fused-ring (bicyclic) bond motifs is 1. The molecule has 3 amide bonds. The van der Waals surface area contributed by atoms with Gasteiger partial charge in [-0.05, 0) is 31.4 Å². The summed E-state index contributed by atoms with van der Waals surface area (Å²) in [6.07, 6.45) is 5.48. The Labute approximate surface area is 182 Å². The average Bonchev–Trinajstić information content (AvgIpc) is 2.71. The molecule has 1 atom stereocenters. The van der Waals surface area contributed by atoms with Gasteiger partial charge >= 0.3 is 6.03 Å². The Morgan fingerprint density at radius 3 is 2.50 bits per heavy atom. The van der Waals surface area contributed by atoms with Crippen LogP contribution in [0, 0.1) is 5.92 Å². The maximum Gasteiger partial charge on any atom is 0.321 e. The fraction of sp³-hybridized carbons (Fsp3) is 0.545. The molecule has 0 aliphatic rings. The third-order valence-electron chi connectivity index (χ3n) is 4.86. The topological polar surface area (TPSA) is 93.1 Å². The van der Waals surface area contributed by atoms with Crippen LogP contribution in [-0.2, 0) is 11.3 Å². The molecule has 0 spiro atoms. The summed E-state index contributed by atoms with van der Waals surface area (Å²) in [4.78, 5) is 41.4. The third-order valence-corrected chi connectivity index (χ3v) is 5.95. The molecule has 0 fully saturated rings. The number of urea groups is 1. The number of aromatic nitrogens is 2. The fourth-order valence-corrected chi connectivity index (χ4v) is 4.03. The molecule has 0 radical (unpaired) electrons.